The number of carbonyl (C=O) groups is 1. The predicted molar refractivity (Wildman–Crippen MR) is 123 cm³/mol. The van der Waals surface area contributed by atoms with Crippen LogP contribution in [0.1, 0.15) is 37.0 Å². The maximum absolute atomic E-state index is 11.3. The monoisotopic (exact) mass is 418 g/mol. The van der Waals surface area contributed by atoms with Gasteiger partial charge in [0.2, 0.25) is 0 Å². The fraction of sp³-hybridized carbons (Fsp3) is 0.296. The third-order valence-electron chi connectivity index (χ3n) is 4.98. The van der Waals surface area contributed by atoms with E-state index in [-0.39, 0.29) is 12.1 Å². The highest BCUT2D eigenvalue weighted by Crippen LogP contribution is 2.28. The maximum Gasteiger partial charge on any atom is 0.305 e. The number of hydrogen-bond acceptors (Lipinski definition) is 4. The van der Waals surface area contributed by atoms with Crippen LogP contribution in [0.15, 0.2) is 66.7 Å². The van der Waals surface area contributed by atoms with Gasteiger partial charge >= 0.3 is 5.97 Å². The van der Waals surface area contributed by atoms with Crippen molar-refractivity contribution < 1.29 is 19.0 Å². The summed E-state index contributed by atoms with van der Waals surface area (Å²) in [5, 5.41) is 0. The van der Waals surface area contributed by atoms with Crippen molar-refractivity contribution in [2.75, 3.05) is 7.11 Å². The largest absolute Gasteiger partial charge is 0.491 e. The predicted octanol–water partition coefficient (Wildman–Crippen LogP) is 6.13. The van der Waals surface area contributed by atoms with Crippen LogP contribution in [0, 0.1) is 6.92 Å². The molecule has 0 heterocycles. The van der Waals surface area contributed by atoms with Crippen molar-refractivity contribution in [1.29, 1.82) is 0 Å². The minimum absolute atomic E-state index is 0.160. The summed E-state index contributed by atoms with van der Waals surface area (Å²) in [5.74, 6) is 1.50. The Bertz CT molecular complexity index is 1010. The molecule has 0 aromatic heterocycles. The maximum atomic E-state index is 11.3. The summed E-state index contributed by atoms with van der Waals surface area (Å²) in [6.07, 6.45) is 1.20. The molecule has 0 radical (unpaired) electrons. The van der Waals surface area contributed by atoms with Gasteiger partial charge in [-0.05, 0) is 85.3 Å². The molecular weight excluding hydrogens is 388 g/mol. The Morgan fingerprint density at radius 3 is 2.32 bits per heavy atom. The lowest BCUT2D eigenvalue weighted by molar-refractivity contribution is -0.140. The molecule has 0 bridgehead atoms. The Morgan fingerprint density at radius 2 is 1.65 bits per heavy atom. The first kappa shape index (κ1) is 22.4. The van der Waals surface area contributed by atoms with Crippen molar-refractivity contribution in [3.8, 4) is 22.6 Å². The highest BCUT2D eigenvalue weighted by molar-refractivity contribution is 5.69. The van der Waals surface area contributed by atoms with Crippen molar-refractivity contribution >= 4 is 5.97 Å². The summed E-state index contributed by atoms with van der Waals surface area (Å²) in [6.45, 7) is 6.65. The SMILES string of the molecule is COC(=O)CCc1ccc(OCc2cccc(-c3ccc(OC(C)C)cc3C)c2)cc1. The van der Waals surface area contributed by atoms with Crippen LogP contribution in [0.3, 0.4) is 0 Å². The van der Waals surface area contributed by atoms with Crippen molar-refractivity contribution in [1.82, 2.24) is 0 Å². The second-order valence-electron chi connectivity index (χ2n) is 7.85. The molecule has 0 spiro atoms. The minimum atomic E-state index is -0.197. The van der Waals surface area contributed by atoms with E-state index in [0.29, 0.717) is 19.4 Å². The van der Waals surface area contributed by atoms with E-state index in [4.69, 9.17) is 9.47 Å². The fourth-order valence-electron chi connectivity index (χ4n) is 3.40. The summed E-state index contributed by atoms with van der Waals surface area (Å²) in [4.78, 5) is 11.3. The molecule has 3 rings (SSSR count). The van der Waals surface area contributed by atoms with Gasteiger partial charge in [-0.15, -0.1) is 0 Å². The topological polar surface area (TPSA) is 44.8 Å². The third kappa shape index (κ3) is 6.61. The molecule has 0 aliphatic carbocycles. The number of methoxy groups -OCH3 is 1. The Balaban J connectivity index is 1.63. The summed E-state index contributed by atoms with van der Waals surface area (Å²) < 4.78 is 16.4. The smallest absolute Gasteiger partial charge is 0.305 e. The fourth-order valence-corrected chi connectivity index (χ4v) is 3.40. The Labute approximate surface area is 184 Å². The number of hydrogen-bond donors (Lipinski definition) is 0. The van der Waals surface area contributed by atoms with Crippen LogP contribution in [-0.4, -0.2) is 19.2 Å². The highest BCUT2D eigenvalue weighted by Gasteiger charge is 2.07. The molecule has 0 aliphatic heterocycles. The molecular formula is C27H30O4. The highest BCUT2D eigenvalue weighted by atomic mass is 16.5. The molecule has 31 heavy (non-hydrogen) atoms. The second kappa shape index (κ2) is 10.7. The lowest BCUT2D eigenvalue weighted by atomic mass is 9.99. The molecule has 0 aliphatic rings. The van der Waals surface area contributed by atoms with E-state index in [0.717, 1.165) is 28.2 Å². The normalized spacial score (nSPS) is 10.7. The van der Waals surface area contributed by atoms with Gasteiger partial charge in [0.1, 0.15) is 18.1 Å². The average Bonchev–Trinajstić information content (AvgIpc) is 2.76. The van der Waals surface area contributed by atoms with Crippen molar-refractivity contribution in [2.45, 2.75) is 46.3 Å². The molecule has 0 amide bonds. The Hall–Kier alpha value is -3.27. The molecule has 0 unspecified atom stereocenters. The zero-order chi connectivity index (χ0) is 22.2. The third-order valence-corrected chi connectivity index (χ3v) is 4.98. The average molecular weight is 419 g/mol. The molecule has 0 saturated carbocycles. The lowest BCUT2D eigenvalue weighted by Gasteiger charge is -2.13. The van der Waals surface area contributed by atoms with Gasteiger partial charge in [-0.2, -0.15) is 0 Å². The van der Waals surface area contributed by atoms with E-state index in [1.807, 2.05) is 44.2 Å². The van der Waals surface area contributed by atoms with Gasteiger partial charge < -0.3 is 14.2 Å². The standard InChI is InChI=1S/C27H30O4/c1-19(2)31-25-13-14-26(20(3)16-25)23-7-5-6-22(17-23)18-30-24-11-8-21(9-12-24)10-15-27(28)29-4/h5-9,11-14,16-17,19H,10,15,18H2,1-4H3. The van der Waals surface area contributed by atoms with Gasteiger partial charge in [-0.25, -0.2) is 0 Å². The Morgan fingerprint density at radius 1 is 0.903 bits per heavy atom. The molecule has 0 N–H and O–H groups in total. The summed E-state index contributed by atoms with van der Waals surface area (Å²) >= 11 is 0. The lowest BCUT2D eigenvalue weighted by Crippen LogP contribution is -2.05. The number of carbonyl (C=O) groups excluding carboxylic acids is 1. The quantitative estimate of drug-likeness (QED) is 0.392. The van der Waals surface area contributed by atoms with E-state index in [9.17, 15) is 4.79 Å². The number of aryl methyl sites for hydroxylation is 2. The molecule has 3 aromatic carbocycles. The van der Waals surface area contributed by atoms with E-state index in [1.54, 1.807) is 0 Å². The molecule has 4 nitrogen and oxygen atoms in total. The van der Waals surface area contributed by atoms with Gasteiger partial charge in [0.05, 0.1) is 13.2 Å². The van der Waals surface area contributed by atoms with E-state index < -0.39 is 0 Å². The summed E-state index contributed by atoms with van der Waals surface area (Å²) in [5.41, 5.74) is 5.72. The second-order valence-corrected chi connectivity index (χ2v) is 7.85. The van der Waals surface area contributed by atoms with Gasteiger partial charge in [0.25, 0.3) is 0 Å². The number of ether oxygens (including phenoxy) is 3. The zero-order valence-electron chi connectivity index (χ0n) is 18.7. The van der Waals surface area contributed by atoms with Crippen molar-refractivity contribution in [3.05, 3.63) is 83.4 Å². The van der Waals surface area contributed by atoms with E-state index in [1.165, 1.54) is 18.2 Å². The first-order chi connectivity index (χ1) is 14.9. The van der Waals surface area contributed by atoms with Gasteiger partial charge in [0.15, 0.2) is 0 Å². The van der Waals surface area contributed by atoms with Crippen LogP contribution < -0.4 is 9.47 Å². The minimum Gasteiger partial charge on any atom is -0.491 e. The first-order valence-electron chi connectivity index (χ1n) is 10.6. The zero-order valence-corrected chi connectivity index (χ0v) is 18.7. The summed E-state index contributed by atoms with van der Waals surface area (Å²) in [7, 11) is 1.41. The van der Waals surface area contributed by atoms with Crippen LogP contribution in [0.25, 0.3) is 11.1 Å². The molecule has 0 atom stereocenters. The van der Waals surface area contributed by atoms with Crippen LogP contribution in [0.5, 0.6) is 11.5 Å². The number of benzene rings is 3. The first-order valence-corrected chi connectivity index (χ1v) is 10.6. The van der Waals surface area contributed by atoms with Crippen molar-refractivity contribution in [2.24, 2.45) is 0 Å². The molecule has 3 aromatic rings. The summed E-state index contributed by atoms with van der Waals surface area (Å²) in [6, 6.07) is 22.5. The number of esters is 1. The van der Waals surface area contributed by atoms with Gasteiger partial charge in [-0.1, -0.05) is 36.4 Å². The molecule has 162 valence electrons. The molecule has 4 heteroatoms. The number of rotatable bonds is 9. The Kier molecular flexibility index (Phi) is 7.71. The molecule has 0 saturated heterocycles. The van der Waals surface area contributed by atoms with Crippen LogP contribution in [0.4, 0.5) is 0 Å². The van der Waals surface area contributed by atoms with Crippen molar-refractivity contribution in [3.63, 3.8) is 0 Å². The van der Waals surface area contributed by atoms with Crippen LogP contribution in [0.2, 0.25) is 0 Å². The van der Waals surface area contributed by atoms with E-state index >= 15 is 0 Å². The van der Waals surface area contributed by atoms with Gasteiger partial charge in [0, 0.05) is 6.42 Å². The molecule has 0 fully saturated rings. The van der Waals surface area contributed by atoms with E-state index in [2.05, 4.69) is 48.1 Å². The van der Waals surface area contributed by atoms with Gasteiger partial charge in [-0.3, -0.25) is 4.79 Å². The van der Waals surface area contributed by atoms with Crippen LogP contribution >= 0.6 is 0 Å². The van der Waals surface area contributed by atoms with Crippen LogP contribution in [-0.2, 0) is 22.6 Å².